The van der Waals surface area contributed by atoms with Gasteiger partial charge in [0.15, 0.2) is 0 Å². The first-order valence-electron chi connectivity index (χ1n) is 6.67. The third-order valence-electron chi connectivity index (χ3n) is 3.39. The van der Waals surface area contributed by atoms with Gasteiger partial charge in [0.1, 0.15) is 0 Å². The second-order valence-corrected chi connectivity index (χ2v) is 5.39. The van der Waals surface area contributed by atoms with Crippen LogP contribution in [0.4, 0.5) is 4.79 Å². The number of nitrogens with one attached hydrogen (secondary N) is 1. The fourth-order valence-corrected chi connectivity index (χ4v) is 2.29. The number of carboxylic acids is 1. The lowest BCUT2D eigenvalue weighted by Gasteiger charge is -2.33. The Hall–Kier alpha value is -1.70. The van der Waals surface area contributed by atoms with Gasteiger partial charge in [0.2, 0.25) is 0 Å². The number of piperidine rings is 1. The predicted octanol–water partition coefficient (Wildman–Crippen LogP) is 1.54. The van der Waals surface area contributed by atoms with Gasteiger partial charge in [0.25, 0.3) is 0 Å². The number of rotatable bonds is 4. The van der Waals surface area contributed by atoms with Crippen LogP contribution in [0.5, 0.6) is 0 Å². The Morgan fingerprint density at radius 2 is 2.21 bits per heavy atom. The molecule has 1 rings (SSSR count). The van der Waals surface area contributed by atoms with E-state index in [-0.39, 0.29) is 30.3 Å². The molecule has 2 unspecified atom stereocenters. The van der Waals surface area contributed by atoms with Crippen LogP contribution in [-0.4, -0.2) is 41.1 Å². The molecule has 2 N–H and O–H groups in total. The van der Waals surface area contributed by atoms with Gasteiger partial charge in [-0.25, -0.2) is 4.79 Å². The van der Waals surface area contributed by atoms with Crippen LogP contribution in [0.25, 0.3) is 0 Å². The van der Waals surface area contributed by atoms with E-state index in [1.54, 1.807) is 4.90 Å². The molecule has 5 heteroatoms. The molecule has 2 amide bonds. The molecule has 0 bridgehead atoms. The predicted molar refractivity (Wildman–Crippen MR) is 72.5 cm³/mol. The molecule has 2 atom stereocenters. The molecule has 0 spiro atoms. The summed E-state index contributed by atoms with van der Waals surface area (Å²) in [6.45, 7) is 5.06. The SMILES string of the molecule is C#CC(NC(=O)N1CCCC(CC(=O)O)C1)C(C)C. The lowest BCUT2D eigenvalue weighted by molar-refractivity contribution is -0.138. The minimum atomic E-state index is -0.809. The Kier molecular flexibility index (Phi) is 5.68. The number of carbonyl (C=O) groups is 2. The summed E-state index contributed by atoms with van der Waals surface area (Å²) in [5.74, 6) is 1.97. The molecule has 1 fully saturated rings. The number of terminal acetylenes is 1. The molecule has 0 aromatic heterocycles. The number of carboxylic acid groups (broad SMARTS) is 1. The van der Waals surface area contributed by atoms with Gasteiger partial charge in [-0.1, -0.05) is 19.8 Å². The van der Waals surface area contributed by atoms with Gasteiger partial charge in [0.05, 0.1) is 6.04 Å². The third-order valence-corrected chi connectivity index (χ3v) is 3.39. The molecule has 0 radical (unpaired) electrons. The van der Waals surface area contributed by atoms with Crippen molar-refractivity contribution in [3.63, 3.8) is 0 Å². The summed E-state index contributed by atoms with van der Waals surface area (Å²) in [5.41, 5.74) is 0. The largest absolute Gasteiger partial charge is 0.481 e. The summed E-state index contributed by atoms with van der Waals surface area (Å²) in [7, 11) is 0. The number of aliphatic carboxylic acids is 1. The highest BCUT2D eigenvalue weighted by molar-refractivity contribution is 5.75. The van der Waals surface area contributed by atoms with E-state index < -0.39 is 5.97 Å². The lowest BCUT2D eigenvalue weighted by atomic mass is 9.95. The maximum Gasteiger partial charge on any atom is 0.318 e. The van der Waals surface area contributed by atoms with Crippen LogP contribution in [-0.2, 0) is 4.79 Å². The Balaban J connectivity index is 2.52. The maximum atomic E-state index is 12.1. The molecule has 106 valence electrons. The quantitative estimate of drug-likeness (QED) is 0.758. The fourth-order valence-electron chi connectivity index (χ4n) is 2.29. The molecule has 0 aliphatic carbocycles. The van der Waals surface area contributed by atoms with Gasteiger partial charge in [-0.05, 0) is 24.7 Å². The topological polar surface area (TPSA) is 69.6 Å². The van der Waals surface area contributed by atoms with Crippen molar-refractivity contribution in [2.45, 2.75) is 39.2 Å². The zero-order valence-corrected chi connectivity index (χ0v) is 11.6. The molecule has 1 aliphatic rings. The van der Waals surface area contributed by atoms with Crippen molar-refractivity contribution >= 4 is 12.0 Å². The van der Waals surface area contributed by atoms with Crippen LogP contribution in [0.3, 0.4) is 0 Å². The Morgan fingerprint density at radius 3 is 2.74 bits per heavy atom. The van der Waals surface area contributed by atoms with Crippen molar-refractivity contribution in [3.8, 4) is 12.3 Å². The number of urea groups is 1. The van der Waals surface area contributed by atoms with Crippen molar-refractivity contribution < 1.29 is 14.7 Å². The van der Waals surface area contributed by atoms with Gasteiger partial charge in [-0.15, -0.1) is 6.42 Å². The summed E-state index contributed by atoms with van der Waals surface area (Å²) in [6.07, 6.45) is 7.20. The Bertz CT molecular complexity index is 373. The van der Waals surface area contributed by atoms with Gasteiger partial charge in [-0.2, -0.15) is 0 Å². The molecular weight excluding hydrogens is 244 g/mol. The second kappa shape index (κ2) is 7.03. The minimum Gasteiger partial charge on any atom is -0.481 e. The average Bonchev–Trinajstić information content (AvgIpc) is 2.34. The number of amides is 2. The second-order valence-electron chi connectivity index (χ2n) is 5.39. The van der Waals surface area contributed by atoms with E-state index in [4.69, 9.17) is 11.5 Å². The zero-order valence-electron chi connectivity index (χ0n) is 11.6. The van der Waals surface area contributed by atoms with E-state index >= 15 is 0 Å². The van der Waals surface area contributed by atoms with Gasteiger partial charge in [0, 0.05) is 19.5 Å². The monoisotopic (exact) mass is 266 g/mol. The highest BCUT2D eigenvalue weighted by Crippen LogP contribution is 2.19. The zero-order chi connectivity index (χ0) is 14.4. The van der Waals surface area contributed by atoms with Crippen LogP contribution in [0.2, 0.25) is 0 Å². The van der Waals surface area contributed by atoms with Crippen molar-refractivity contribution in [2.24, 2.45) is 11.8 Å². The van der Waals surface area contributed by atoms with Crippen LogP contribution in [0, 0.1) is 24.2 Å². The first kappa shape index (κ1) is 15.4. The molecule has 1 saturated heterocycles. The average molecular weight is 266 g/mol. The van der Waals surface area contributed by atoms with E-state index in [0.717, 1.165) is 12.8 Å². The highest BCUT2D eigenvalue weighted by Gasteiger charge is 2.26. The summed E-state index contributed by atoms with van der Waals surface area (Å²) in [5, 5.41) is 11.6. The lowest BCUT2D eigenvalue weighted by Crippen LogP contribution is -2.49. The molecule has 5 nitrogen and oxygen atoms in total. The van der Waals surface area contributed by atoms with E-state index in [2.05, 4.69) is 11.2 Å². The minimum absolute atomic E-state index is 0.0420. The number of carbonyl (C=O) groups excluding carboxylic acids is 1. The van der Waals surface area contributed by atoms with Crippen LogP contribution < -0.4 is 5.32 Å². The molecular formula is C14H22N2O3. The van der Waals surface area contributed by atoms with E-state index in [9.17, 15) is 9.59 Å². The van der Waals surface area contributed by atoms with E-state index in [0.29, 0.717) is 13.1 Å². The van der Waals surface area contributed by atoms with Gasteiger partial charge in [-0.3, -0.25) is 4.79 Å². The molecule has 19 heavy (non-hydrogen) atoms. The van der Waals surface area contributed by atoms with Crippen LogP contribution >= 0.6 is 0 Å². The maximum absolute atomic E-state index is 12.1. The summed E-state index contributed by atoms with van der Waals surface area (Å²) < 4.78 is 0. The number of hydrogen-bond acceptors (Lipinski definition) is 2. The van der Waals surface area contributed by atoms with Gasteiger partial charge < -0.3 is 15.3 Å². The van der Waals surface area contributed by atoms with E-state index in [1.807, 2.05) is 13.8 Å². The molecule has 0 saturated carbocycles. The standard InChI is InChI=1S/C14H22N2O3/c1-4-12(10(2)3)15-14(19)16-7-5-6-11(9-16)8-13(17)18/h1,10-12H,5-9H2,2-3H3,(H,15,19)(H,17,18). The smallest absolute Gasteiger partial charge is 0.318 e. The molecule has 1 heterocycles. The summed E-state index contributed by atoms with van der Waals surface area (Å²) >= 11 is 0. The van der Waals surface area contributed by atoms with Crippen molar-refractivity contribution in [2.75, 3.05) is 13.1 Å². The first-order chi connectivity index (χ1) is 8.93. The van der Waals surface area contributed by atoms with Crippen LogP contribution in [0.15, 0.2) is 0 Å². The first-order valence-corrected chi connectivity index (χ1v) is 6.67. The number of nitrogens with zero attached hydrogens (tertiary/aromatic N) is 1. The Morgan fingerprint density at radius 1 is 1.53 bits per heavy atom. The molecule has 0 aromatic rings. The number of hydrogen-bond donors (Lipinski definition) is 2. The fraction of sp³-hybridized carbons (Fsp3) is 0.714. The summed E-state index contributed by atoms with van der Waals surface area (Å²) in [6, 6.07) is -0.473. The van der Waals surface area contributed by atoms with Gasteiger partial charge >= 0.3 is 12.0 Å². The normalized spacial score (nSPS) is 20.7. The molecule has 1 aliphatic heterocycles. The summed E-state index contributed by atoms with van der Waals surface area (Å²) in [4.78, 5) is 24.5. The number of likely N-dealkylation sites (tertiary alicyclic amines) is 1. The van der Waals surface area contributed by atoms with Crippen LogP contribution in [0.1, 0.15) is 33.1 Å². The van der Waals surface area contributed by atoms with Crippen molar-refractivity contribution in [3.05, 3.63) is 0 Å². The van der Waals surface area contributed by atoms with Crippen molar-refractivity contribution in [1.82, 2.24) is 10.2 Å². The Labute approximate surface area is 114 Å². The molecule has 0 aromatic carbocycles. The van der Waals surface area contributed by atoms with Crippen molar-refractivity contribution in [1.29, 1.82) is 0 Å². The third kappa shape index (κ3) is 4.82. The highest BCUT2D eigenvalue weighted by atomic mass is 16.4. The van der Waals surface area contributed by atoms with E-state index in [1.165, 1.54) is 0 Å².